The minimum atomic E-state index is -0.355. The Hall–Kier alpha value is -3.93. The molecule has 0 heterocycles. The topological polar surface area (TPSA) is 82.6 Å². The third-order valence-electron chi connectivity index (χ3n) is 3.89. The number of aryl methyl sites for hydroxylation is 1. The second-order valence-corrected chi connectivity index (χ2v) is 6.13. The highest BCUT2D eigenvalue weighted by molar-refractivity contribution is 6.00. The van der Waals surface area contributed by atoms with E-state index >= 15 is 0 Å². The molecule has 3 N–H and O–H groups in total. The fourth-order valence-corrected chi connectivity index (χ4v) is 2.40. The number of nitrogens with one attached hydrogen (secondary N) is 3. The number of anilines is 2. The molecule has 0 fully saturated rings. The summed E-state index contributed by atoms with van der Waals surface area (Å²) in [5, 5.41) is 9.40. The first-order valence-corrected chi connectivity index (χ1v) is 8.73. The van der Waals surface area contributed by atoms with E-state index in [0.29, 0.717) is 16.9 Å². The zero-order valence-corrected chi connectivity index (χ0v) is 15.3. The molecule has 140 valence electrons. The van der Waals surface area contributed by atoms with Gasteiger partial charge < -0.3 is 10.6 Å². The molecule has 6 nitrogen and oxygen atoms in total. The summed E-state index contributed by atoms with van der Waals surface area (Å²) in [6, 6.07) is 23.1. The molecule has 3 rings (SSSR count). The quantitative estimate of drug-likeness (QED) is 0.458. The van der Waals surface area contributed by atoms with Gasteiger partial charge in [-0.2, -0.15) is 5.10 Å². The van der Waals surface area contributed by atoms with Crippen molar-refractivity contribution < 1.29 is 9.59 Å². The van der Waals surface area contributed by atoms with E-state index in [2.05, 4.69) is 21.2 Å². The lowest BCUT2D eigenvalue weighted by Crippen LogP contribution is -2.20. The summed E-state index contributed by atoms with van der Waals surface area (Å²) in [4.78, 5) is 24.1. The number of carbonyl (C=O) groups is 2. The molecule has 0 atom stereocenters. The van der Waals surface area contributed by atoms with Crippen molar-refractivity contribution in [2.45, 2.75) is 6.92 Å². The fourth-order valence-electron chi connectivity index (χ4n) is 2.40. The molecule has 0 spiro atoms. The largest absolute Gasteiger partial charge is 0.323 e. The molecule has 0 saturated heterocycles. The number of carbonyl (C=O) groups excluding carboxylic acids is 2. The van der Waals surface area contributed by atoms with E-state index in [9.17, 15) is 9.59 Å². The van der Waals surface area contributed by atoms with Gasteiger partial charge in [0, 0.05) is 16.9 Å². The molecule has 0 aromatic heterocycles. The van der Waals surface area contributed by atoms with Gasteiger partial charge in [0.2, 0.25) is 0 Å². The number of amides is 3. The van der Waals surface area contributed by atoms with Crippen LogP contribution in [0.2, 0.25) is 0 Å². The number of hydrogen-bond donors (Lipinski definition) is 3. The zero-order valence-electron chi connectivity index (χ0n) is 15.3. The molecule has 28 heavy (non-hydrogen) atoms. The lowest BCUT2D eigenvalue weighted by molar-refractivity contribution is 0.0955. The molecule has 6 heteroatoms. The van der Waals surface area contributed by atoms with Crippen molar-refractivity contribution in [3.8, 4) is 0 Å². The maximum absolute atomic E-state index is 12.1. The lowest BCUT2D eigenvalue weighted by atomic mass is 10.2. The predicted molar refractivity (Wildman–Crippen MR) is 112 cm³/mol. The first-order valence-electron chi connectivity index (χ1n) is 8.73. The van der Waals surface area contributed by atoms with E-state index in [4.69, 9.17) is 0 Å². The Morgan fingerprint density at radius 2 is 1.39 bits per heavy atom. The van der Waals surface area contributed by atoms with E-state index in [1.54, 1.807) is 42.6 Å². The molecule has 0 unspecified atom stereocenters. The van der Waals surface area contributed by atoms with Crippen LogP contribution < -0.4 is 16.1 Å². The minimum absolute atomic E-state index is 0.330. The molecule has 3 amide bonds. The summed E-state index contributed by atoms with van der Waals surface area (Å²) in [5.74, 6) is -0.330. The summed E-state index contributed by atoms with van der Waals surface area (Å²) in [5.41, 5.74) is 6.26. The number of hydrazone groups is 1. The summed E-state index contributed by atoms with van der Waals surface area (Å²) >= 11 is 0. The maximum atomic E-state index is 12.1. The van der Waals surface area contributed by atoms with Gasteiger partial charge in [-0.15, -0.1) is 0 Å². The first-order chi connectivity index (χ1) is 13.6. The van der Waals surface area contributed by atoms with Gasteiger partial charge >= 0.3 is 6.03 Å². The van der Waals surface area contributed by atoms with Crippen molar-refractivity contribution >= 4 is 29.5 Å². The highest BCUT2D eigenvalue weighted by Gasteiger charge is 2.06. The molecule has 0 bridgehead atoms. The van der Waals surface area contributed by atoms with Gasteiger partial charge in [0.25, 0.3) is 5.91 Å². The van der Waals surface area contributed by atoms with Gasteiger partial charge in [-0.25, -0.2) is 10.2 Å². The number of rotatable bonds is 5. The average Bonchev–Trinajstić information content (AvgIpc) is 2.70. The van der Waals surface area contributed by atoms with Gasteiger partial charge in [0.05, 0.1) is 6.21 Å². The van der Waals surface area contributed by atoms with E-state index in [0.717, 1.165) is 11.1 Å². The average molecular weight is 372 g/mol. The standard InChI is InChI=1S/C22H20N4O2/c1-16-7-9-17(10-8-16)15-23-26-21(27)18-11-13-20(14-12-18)25-22(28)24-19-5-3-2-4-6-19/h2-15H,1H3,(H,26,27)(H2,24,25,28)/b23-15-. The van der Waals surface area contributed by atoms with Crippen molar-refractivity contribution in [3.63, 3.8) is 0 Å². The first kappa shape index (κ1) is 18.8. The van der Waals surface area contributed by atoms with Gasteiger partial charge in [-0.3, -0.25) is 4.79 Å². The van der Waals surface area contributed by atoms with Crippen LogP contribution in [0.4, 0.5) is 16.2 Å². The van der Waals surface area contributed by atoms with Gasteiger partial charge in [0.15, 0.2) is 0 Å². The van der Waals surface area contributed by atoms with E-state index in [-0.39, 0.29) is 11.9 Å². The molecule has 0 radical (unpaired) electrons. The van der Waals surface area contributed by atoms with Crippen LogP contribution in [0.1, 0.15) is 21.5 Å². The number of urea groups is 1. The maximum Gasteiger partial charge on any atom is 0.323 e. The lowest BCUT2D eigenvalue weighted by Gasteiger charge is -2.08. The van der Waals surface area contributed by atoms with Crippen molar-refractivity contribution in [3.05, 3.63) is 95.6 Å². The molecule has 0 aliphatic rings. The van der Waals surface area contributed by atoms with Crippen molar-refractivity contribution in [1.29, 1.82) is 0 Å². The summed E-state index contributed by atoms with van der Waals surface area (Å²) < 4.78 is 0. The van der Waals surface area contributed by atoms with Crippen LogP contribution in [0.25, 0.3) is 0 Å². The summed E-state index contributed by atoms with van der Waals surface area (Å²) in [7, 11) is 0. The van der Waals surface area contributed by atoms with Crippen LogP contribution >= 0.6 is 0 Å². The van der Waals surface area contributed by atoms with Crippen LogP contribution in [-0.2, 0) is 0 Å². The predicted octanol–water partition coefficient (Wildman–Crippen LogP) is 4.40. The molecule has 3 aromatic carbocycles. The van der Waals surface area contributed by atoms with Gasteiger partial charge in [-0.05, 0) is 48.9 Å². The number of hydrogen-bond acceptors (Lipinski definition) is 3. The second-order valence-electron chi connectivity index (χ2n) is 6.13. The Balaban J connectivity index is 1.52. The third kappa shape index (κ3) is 5.54. The third-order valence-corrected chi connectivity index (χ3v) is 3.89. The smallest absolute Gasteiger partial charge is 0.308 e. The van der Waals surface area contributed by atoms with E-state index < -0.39 is 0 Å². The highest BCUT2D eigenvalue weighted by atomic mass is 16.2. The molecular weight excluding hydrogens is 352 g/mol. The molecule has 0 aliphatic heterocycles. The van der Waals surface area contributed by atoms with Crippen LogP contribution in [0.15, 0.2) is 84.0 Å². The molecular formula is C22H20N4O2. The van der Waals surface area contributed by atoms with Crippen LogP contribution in [-0.4, -0.2) is 18.2 Å². The van der Waals surface area contributed by atoms with Crippen molar-refractivity contribution in [2.75, 3.05) is 10.6 Å². The SMILES string of the molecule is Cc1ccc(/C=N\NC(=O)c2ccc(NC(=O)Nc3ccccc3)cc2)cc1. The molecule has 3 aromatic rings. The van der Waals surface area contributed by atoms with Crippen LogP contribution in [0.5, 0.6) is 0 Å². The molecule has 0 aliphatic carbocycles. The highest BCUT2D eigenvalue weighted by Crippen LogP contribution is 2.11. The van der Waals surface area contributed by atoms with Gasteiger partial charge in [-0.1, -0.05) is 48.0 Å². The summed E-state index contributed by atoms with van der Waals surface area (Å²) in [6.07, 6.45) is 1.58. The van der Waals surface area contributed by atoms with Gasteiger partial charge in [0.1, 0.15) is 0 Å². The minimum Gasteiger partial charge on any atom is -0.308 e. The van der Waals surface area contributed by atoms with E-state index in [1.807, 2.05) is 49.4 Å². The van der Waals surface area contributed by atoms with Crippen molar-refractivity contribution in [1.82, 2.24) is 5.43 Å². The Kier molecular flexibility index (Phi) is 6.15. The number of para-hydroxylation sites is 1. The Morgan fingerprint density at radius 1 is 0.786 bits per heavy atom. The monoisotopic (exact) mass is 372 g/mol. The Morgan fingerprint density at radius 3 is 2.04 bits per heavy atom. The summed E-state index contributed by atoms with van der Waals surface area (Å²) in [6.45, 7) is 2.01. The fraction of sp³-hybridized carbons (Fsp3) is 0.0455. The van der Waals surface area contributed by atoms with Crippen LogP contribution in [0, 0.1) is 6.92 Å². The van der Waals surface area contributed by atoms with Crippen LogP contribution in [0.3, 0.4) is 0 Å². The Bertz CT molecular complexity index is 966. The number of nitrogens with zero attached hydrogens (tertiary/aromatic N) is 1. The normalized spacial score (nSPS) is 10.5. The number of benzene rings is 3. The second kappa shape index (κ2) is 9.14. The van der Waals surface area contributed by atoms with Crippen molar-refractivity contribution in [2.24, 2.45) is 5.10 Å². The Labute approximate surface area is 163 Å². The zero-order chi connectivity index (χ0) is 19.8. The van der Waals surface area contributed by atoms with E-state index in [1.165, 1.54) is 0 Å². The molecule has 0 saturated carbocycles.